The van der Waals surface area contributed by atoms with Crippen molar-refractivity contribution in [2.45, 2.75) is 0 Å². The van der Waals surface area contributed by atoms with Crippen molar-refractivity contribution in [3.63, 3.8) is 0 Å². The average Bonchev–Trinajstić information content (AvgIpc) is 3.14. The highest BCUT2D eigenvalue weighted by atomic mass is 19.2. The van der Waals surface area contributed by atoms with E-state index in [2.05, 4.69) is 0 Å². The van der Waals surface area contributed by atoms with Crippen LogP contribution in [0.2, 0.25) is 0 Å². The molecule has 7 aromatic carbocycles. The predicted octanol–water partition coefficient (Wildman–Crippen LogP) is 12.5. The summed E-state index contributed by atoms with van der Waals surface area (Å²) in [5, 5.41) is 0. The molecule has 6 heteroatoms. The highest BCUT2D eigenvalue weighted by Gasteiger charge is 2.27. The Bertz CT molecular complexity index is 1870. The lowest BCUT2D eigenvalue weighted by Gasteiger charge is -2.25. The van der Waals surface area contributed by atoms with E-state index in [1.807, 2.05) is 131 Å². The number of benzene rings is 7. The van der Waals surface area contributed by atoms with Gasteiger partial charge in [0.15, 0.2) is 23.3 Å². The Morgan fingerprint density at radius 1 is 0.250 bits per heavy atom. The minimum Gasteiger partial charge on any atom is -0.311 e. The zero-order chi connectivity index (χ0) is 33.0. The van der Waals surface area contributed by atoms with Gasteiger partial charge in [0.1, 0.15) is 0 Å². The summed E-state index contributed by atoms with van der Waals surface area (Å²) in [7, 11) is 0. The van der Waals surface area contributed by atoms with E-state index in [1.165, 1.54) is 24.3 Å². The molecule has 0 fully saturated rings. The topological polar surface area (TPSA) is 6.48 Å². The lowest BCUT2D eigenvalue weighted by Crippen LogP contribution is -2.10. The summed E-state index contributed by atoms with van der Waals surface area (Å²) in [5.74, 6) is -5.84. The van der Waals surface area contributed by atoms with Gasteiger partial charge < -0.3 is 9.80 Å². The molecule has 0 heterocycles. The second kappa shape index (κ2) is 13.3. The Kier molecular flexibility index (Phi) is 8.46. The SMILES string of the molecule is Fc1c(F)c(-c2ccc(N(c3ccccc3)c3ccccc3)cc2)c(F)c(F)c1-c1ccc(N(c2ccccc2)c2ccccc2)cc1. The number of hydrogen-bond acceptors (Lipinski definition) is 2. The van der Waals surface area contributed by atoms with Crippen molar-refractivity contribution < 1.29 is 17.6 Å². The molecule has 0 saturated carbocycles. The molecule has 0 aliphatic carbocycles. The molecular weight excluding hydrogens is 608 g/mol. The number of halogens is 4. The Labute approximate surface area is 276 Å². The maximum atomic E-state index is 15.7. The standard InChI is InChI=1S/C42H28F4N2/c43-39-37(29-21-25-35(26-22-29)47(31-13-5-1-6-14-31)32-15-7-2-8-16-32)40(44)42(46)38(41(39)45)30-23-27-36(28-24-30)48(33-17-9-3-10-18-33)34-19-11-4-12-20-34/h1-28H. The fourth-order valence-electron chi connectivity index (χ4n) is 5.90. The molecule has 0 saturated heterocycles. The molecule has 2 nitrogen and oxygen atoms in total. The minimum absolute atomic E-state index is 0.0101. The molecule has 0 aliphatic rings. The van der Waals surface area contributed by atoms with Gasteiger partial charge in [0.05, 0.1) is 11.1 Å². The van der Waals surface area contributed by atoms with Gasteiger partial charge in [-0.25, -0.2) is 17.6 Å². The fraction of sp³-hybridized carbons (Fsp3) is 0. The van der Waals surface area contributed by atoms with Crippen LogP contribution in [0, 0.1) is 23.3 Å². The fourth-order valence-corrected chi connectivity index (χ4v) is 5.90. The van der Waals surface area contributed by atoms with Crippen LogP contribution in [0.5, 0.6) is 0 Å². The van der Waals surface area contributed by atoms with Gasteiger partial charge >= 0.3 is 0 Å². The Hall–Kier alpha value is -6.14. The maximum Gasteiger partial charge on any atom is 0.170 e. The molecule has 0 atom stereocenters. The van der Waals surface area contributed by atoms with Gasteiger partial charge in [-0.3, -0.25) is 0 Å². The average molecular weight is 637 g/mol. The van der Waals surface area contributed by atoms with Gasteiger partial charge in [-0.2, -0.15) is 0 Å². The van der Waals surface area contributed by atoms with Crippen molar-refractivity contribution in [1.82, 2.24) is 0 Å². The molecule has 0 unspecified atom stereocenters. The van der Waals surface area contributed by atoms with Crippen molar-refractivity contribution in [3.8, 4) is 22.3 Å². The van der Waals surface area contributed by atoms with Crippen LogP contribution in [0.15, 0.2) is 170 Å². The number of nitrogens with zero attached hydrogens (tertiary/aromatic N) is 2. The van der Waals surface area contributed by atoms with Crippen molar-refractivity contribution in [3.05, 3.63) is 193 Å². The summed E-state index contributed by atoms with van der Waals surface area (Å²) in [4.78, 5) is 3.95. The normalized spacial score (nSPS) is 10.9. The van der Waals surface area contributed by atoms with Gasteiger partial charge in [-0.15, -0.1) is 0 Å². The summed E-state index contributed by atoms with van der Waals surface area (Å²) in [5.41, 5.74) is 3.39. The molecule has 0 radical (unpaired) electrons. The largest absolute Gasteiger partial charge is 0.311 e. The van der Waals surface area contributed by atoms with Gasteiger partial charge in [0.2, 0.25) is 0 Å². The van der Waals surface area contributed by atoms with Gasteiger partial charge in [0, 0.05) is 34.1 Å². The van der Waals surface area contributed by atoms with E-state index < -0.39 is 34.4 Å². The minimum atomic E-state index is -1.46. The highest BCUT2D eigenvalue weighted by Crippen LogP contribution is 2.41. The quantitative estimate of drug-likeness (QED) is 0.121. The summed E-state index contributed by atoms with van der Waals surface area (Å²) >= 11 is 0. The molecule has 7 aromatic rings. The summed E-state index contributed by atoms with van der Waals surface area (Å²) in [6.07, 6.45) is 0. The molecule has 0 aliphatic heterocycles. The van der Waals surface area contributed by atoms with Crippen LogP contribution in [-0.4, -0.2) is 0 Å². The molecule has 48 heavy (non-hydrogen) atoms. The van der Waals surface area contributed by atoms with E-state index in [0.717, 1.165) is 22.7 Å². The number of rotatable bonds is 8. The van der Waals surface area contributed by atoms with Gasteiger partial charge in [0.25, 0.3) is 0 Å². The highest BCUT2D eigenvalue weighted by molar-refractivity contribution is 5.81. The number of anilines is 6. The maximum absolute atomic E-state index is 15.7. The zero-order valence-electron chi connectivity index (χ0n) is 25.6. The molecule has 0 aromatic heterocycles. The third-order valence-electron chi connectivity index (χ3n) is 8.15. The third-order valence-corrected chi connectivity index (χ3v) is 8.15. The Morgan fingerprint density at radius 3 is 0.688 bits per heavy atom. The van der Waals surface area contributed by atoms with E-state index in [1.54, 1.807) is 24.3 Å². The van der Waals surface area contributed by atoms with Gasteiger partial charge in [-0.1, -0.05) is 97.1 Å². The first-order valence-electron chi connectivity index (χ1n) is 15.4. The van der Waals surface area contributed by atoms with Crippen LogP contribution in [0.3, 0.4) is 0 Å². The first-order chi connectivity index (χ1) is 23.5. The van der Waals surface area contributed by atoms with Crippen molar-refractivity contribution in [2.24, 2.45) is 0 Å². The summed E-state index contributed by atoms with van der Waals surface area (Å²) < 4.78 is 62.9. The smallest absolute Gasteiger partial charge is 0.170 e. The first kappa shape index (κ1) is 30.5. The van der Waals surface area contributed by atoms with Crippen molar-refractivity contribution in [2.75, 3.05) is 9.80 Å². The second-order valence-corrected chi connectivity index (χ2v) is 11.1. The molecule has 7 rings (SSSR count). The monoisotopic (exact) mass is 636 g/mol. The third kappa shape index (κ3) is 5.80. The van der Waals surface area contributed by atoms with Gasteiger partial charge in [-0.05, 0) is 83.9 Å². The molecule has 0 bridgehead atoms. The van der Waals surface area contributed by atoms with Crippen molar-refractivity contribution >= 4 is 34.1 Å². The van der Waals surface area contributed by atoms with Crippen LogP contribution < -0.4 is 9.80 Å². The van der Waals surface area contributed by atoms with E-state index in [4.69, 9.17) is 0 Å². The van der Waals surface area contributed by atoms with E-state index in [9.17, 15) is 0 Å². The van der Waals surface area contributed by atoms with Crippen LogP contribution in [0.25, 0.3) is 22.3 Å². The van der Waals surface area contributed by atoms with E-state index in [-0.39, 0.29) is 11.1 Å². The molecule has 0 spiro atoms. The van der Waals surface area contributed by atoms with Crippen LogP contribution in [0.4, 0.5) is 51.7 Å². The zero-order valence-corrected chi connectivity index (χ0v) is 25.6. The van der Waals surface area contributed by atoms with E-state index in [0.29, 0.717) is 11.4 Å². The molecule has 0 amide bonds. The molecule has 0 N–H and O–H groups in total. The van der Waals surface area contributed by atoms with Crippen LogP contribution >= 0.6 is 0 Å². The molecular formula is C42H28F4N2. The Balaban J connectivity index is 1.24. The molecule has 234 valence electrons. The predicted molar refractivity (Wildman–Crippen MR) is 187 cm³/mol. The number of hydrogen-bond donors (Lipinski definition) is 0. The Morgan fingerprint density at radius 2 is 0.458 bits per heavy atom. The van der Waals surface area contributed by atoms with Crippen LogP contribution in [0.1, 0.15) is 0 Å². The second-order valence-electron chi connectivity index (χ2n) is 11.1. The lowest BCUT2D eigenvalue weighted by atomic mass is 9.96. The van der Waals surface area contributed by atoms with Crippen molar-refractivity contribution in [1.29, 1.82) is 0 Å². The summed E-state index contributed by atoms with van der Waals surface area (Å²) in [6, 6.07) is 51.0. The lowest BCUT2D eigenvalue weighted by molar-refractivity contribution is 0.463. The summed E-state index contributed by atoms with van der Waals surface area (Å²) in [6.45, 7) is 0. The van der Waals surface area contributed by atoms with Crippen LogP contribution in [-0.2, 0) is 0 Å². The number of para-hydroxylation sites is 4. The van der Waals surface area contributed by atoms with E-state index >= 15 is 17.6 Å². The first-order valence-corrected chi connectivity index (χ1v) is 15.4.